The number of hydrogen-bond acceptors (Lipinski definition) is 4. The van der Waals surface area contributed by atoms with Crippen molar-refractivity contribution in [2.24, 2.45) is 5.92 Å². The number of allylic oxidation sites excluding steroid dienone is 5. The van der Waals surface area contributed by atoms with E-state index < -0.39 is 5.60 Å². The molecule has 0 bridgehead atoms. The van der Waals surface area contributed by atoms with E-state index in [-0.39, 0.29) is 22.7 Å². The Morgan fingerprint density at radius 1 is 0.903 bits per heavy atom. The van der Waals surface area contributed by atoms with Gasteiger partial charge in [-0.1, -0.05) is 51.2 Å². The van der Waals surface area contributed by atoms with Crippen molar-refractivity contribution in [2.75, 3.05) is 0 Å². The summed E-state index contributed by atoms with van der Waals surface area (Å²) in [5, 5.41) is 0. The van der Waals surface area contributed by atoms with Crippen LogP contribution in [0.3, 0.4) is 0 Å². The van der Waals surface area contributed by atoms with E-state index in [1.807, 2.05) is 65.8 Å². The summed E-state index contributed by atoms with van der Waals surface area (Å²) in [5.41, 5.74) is 0.915. The Morgan fingerprint density at radius 2 is 1.45 bits per heavy atom. The zero-order valence-electron chi connectivity index (χ0n) is 20.3. The normalized spacial score (nSPS) is 15.6. The molecule has 0 fully saturated rings. The maximum Gasteiger partial charge on any atom is 0.166 e. The van der Waals surface area contributed by atoms with Crippen LogP contribution in [0.15, 0.2) is 42.5 Å². The van der Waals surface area contributed by atoms with Gasteiger partial charge in [0.05, 0.1) is 11.5 Å². The third-order valence-electron chi connectivity index (χ3n) is 4.47. The zero-order valence-corrected chi connectivity index (χ0v) is 21.1. The van der Waals surface area contributed by atoms with Crippen LogP contribution in [-0.4, -0.2) is 21.8 Å². The number of ether oxygens (including phenoxy) is 2. The third-order valence-corrected chi connectivity index (χ3v) is 4.74. The number of carbonyl (C=O) groups excluding carboxylic acids is 1. The van der Waals surface area contributed by atoms with Gasteiger partial charge in [0.15, 0.2) is 5.78 Å². The summed E-state index contributed by atoms with van der Waals surface area (Å²) in [5.74, 6) is 1.12. The predicted molar refractivity (Wildman–Crippen MR) is 134 cm³/mol. The average molecular weight is 441 g/mol. The Labute approximate surface area is 193 Å². The molecule has 0 amide bonds. The molecule has 4 heteroatoms. The standard InChI is InChI=1S/C27H36O3S/c1-25(2,3)21-15-17-23(29-26(4,5)6)20(24(21)30-27(7,8)9)14-16-22(28)18-10-12-19(31)13-11-18/h10-18H,1-9H3/b16-14+. The summed E-state index contributed by atoms with van der Waals surface area (Å²) in [6, 6.07) is 4.04. The minimum absolute atomic E-state index is 0.0143. The van der Waals surface area contributed by atoms with Crippen LogP contribution in [-0.2, 0) is 10.2 Å². The van der Waals surface area contributed by atoms with Crippen LogP contribution < -0.4 is 9.47 Å². The summed E-state index contributed by atoms with van der Waals surface area (Å²) < 4.78 is 12.7. The minimum Gasteiger partial charge on any atom is -0.487 e. The molecule has 0 unspecified atom stereocenters. The van der Waals surface area contributed by atoms with E-state index in [4.69, 9.17) is 21.7 Å². The number of ketones is 1. The van der Waals surface area contributed by atoms with E-state index in [9.17, 15) is 4.79 Å². The fraction of sp³-hybridized carbons (Fsp3) is 0.481. The molecule has 0 saturated heterocycles. The van der Waals surface area contributed by atoms with Crippen molar-refractivity contribution in [2.45, 2.75) is 78.9 Å². The van der Waals surface area contributed by atoms with Crippen LogP contribution in [0.4, 0.5) is 0 Å². The lowest BCUT2D eigenvalue weighted by Gasteiger charge is -2.31. The lowest BCUT2D eigenvalue weighted by Crippen LogP contribution is -2.27. The molecular formula is C27H36O3S. The molecular weight excluding hydrogens is 404 g/mol. The van der Waals surface area contributed by atoms with Crippen molar-refractivity contribution in [1.82, 2.24) is 0 Å². The Kier molecular flexibility index (Phi) is 7.37. The van der Waals surface area contributed by atoms with Crippen LogP contribution in [0.5, 0.6) is 11.5 Å². The fourth-order valence-corrected chi connectivity index (χ4v) is 3.31. The highest BCUT2D eigenvalue weighted by Crippen LogP contribution is 2.42. The Balaban J connectivity index is 2.61. The second-order valence-corrected chi connectivity index (χ2v) is 11.4. The first-order valence-electron chi connectivity index (χ1n) is 10.7. The molecule has 1 aliphatic rings. The van der Waals surface area contributed by atoms with Crippen LogP contribution in [0.25, 0.3) is 6.08 Å². The van der Waals surface area contributed by atoms with Gasteiger partial charge in [0.25, 0.3) is 0 Å². The molecule has 0 atom stereocenters. The summed E-state index contributed by atoms with van der Waals surface area (Å²) in [7, 11) is 0. The van der Waals surface area contributed by atoms with Gasteiger partial charge in [-0.3, -0.25) is 4.79 Å². The second kappa shape index (κ2) is 9.12. The monoisotopic (exact) mass is 440 g/mol. The predicted octanol–water partition coefficient (Wildman–Crippen LogP) is 7.03. The van der Waals surface area contributed by atoms with E-state index >= 15 is 0 Å². The molecule has 168 valence electrons. The SMILES string of the molecule is CC(C)(C)Oc1ccc(C(C)(C)C)c(OC(C)(C)C)c1/C=C/C(=O)C1C=CC(=S)C=C1. The van der Waals surface area contributed by atoms with E-state index in [1.165, 1.54) is 0 Å². The Bertz CT molecular complexity index is 913. The maximum absolute atomic E-state index is 12.8. The molecule has 2 rings (SSSR count). The van der Waals surface area contributed by atoms with Gasteiger partial charge in [-0.25, -0.2) is 0 Å². The number of carbonyl (C=O) groups is 1. The Morgan fingerprint density at radius 3 is 1.94 bits per heavy atom. The average Bonchev–Trinajstić information content (AvgIpc) is 2.57. The first kappa shape index (κ1) is 25.1. The van der Waals surface area contributed by atoms with Crippen molar-refractivity contribution in [1.29, 1.82) is 0 Å². The van der Waals surface area contributed by atoms with Gasteiger partial charge in [-0.15, -0.1) is 0 Å². The number of rotatable bonds is 5. The van der Waals surface area contributed by atoms with Crippen LogP contribution in [0.2, 0.25) is 0 Å². The van der Waals surface area contributed by atoms with Gasteiger partial charge in [0.2, 0.25) is 0 Å². The zero-order chi connectivity index (χ0) is 23.6. The molecule has 0 saturated carbocycles. The summed E-state index contributed by atoms with van der Waals surface area (Å²) in [6.07, 6.45) is 10.7. The molecule has 3 nitrogen and oxygen atoms in total. The van der Waals surface area contributed by atoms with Gasteiger partial charge in [0, 0.05) is 10.4 Å². The molecule has 0 aliphatic heterocycles. The van der Waals surface area contributed by atoms with Crippen molar-refractivity contribution >= 4 is 28.9 Å². The largest absolute Gasteiger partial charge is 0.487 e. The maximum atomic E-state index is 12.8. The van der Waals surface area contributed by atoms with Crippen molar-refractivity contribution in [3.05, 3.63) is 53.6 Å². The van der Waals surface area contributed by atoms with E-state index in [1.54, 1.807) is 18.2 Å². The highest BCUT2D eigenvalue weighted by molar-refractivity contribution is 7.81. The fourth-order valence-electron chi connectivity index (χ4n) is 3.15. The molecule has 1 aromatic carbocycles. The van der Waals surface area contributed by atoms with Crippen molar-refractivity contribution in [3.63, 3.8) is 0 Å². The second-order valence-electron chi connectivity index (χ2n) is 10.9. The highest BCUT2D eigenvalue weighted by Gasteiger charge is 2.28. The topological polar surface area (TPSA) is 35.5 Å². The van der Waals surface area contributed by atoms with Crippen LogP contribution in [0.1, 0.15) is 73.4 Å². The smallest absolute Gasteiger partial charge is 0.166 e. The van der Waals surface area contributed by atoms with Gasteiger partial charge in [0.1, 0.15) is 22.7 Å². The first-order valence-corrected chi connectivity index (χ1v) is 11.2. The van der Waals surface area contributed by atoms with E-state index in [0.29, 0.717) is 5.75 Å². The first-order chi connectivity index (χ1) is 14.1. The summed E-state index contributed by atoms with van der Waals surface area (Å²) in [4.78, 5) is 13.6. The third kappa shape index (κ3) is 7.46. The molecule has 31 heavy (non-hydrogen) atoms. The van der Waals surface area contributed by atoms with Gasteiger partial charge < -0.3 is 9.47 Å². The lowest BCUT2D eigenvalue weighted by molar-refractivity contribution is -0.115. The van der Waals surface area contributed by atoms with Crippen molar-refractivity contribution < 1.29 is 14.3 Å². The van der Waals surface area contributed by atoms with Gasteiger partial charge >= 0.3 is 0 Å². The molecule has 0 radical (unpaired) electrons. The Hall–Kier alpha value is -2.20. The number of hydrogen-bond donors (Lipinski definition) is 0. The quantitative estimate of drug-likeness (QED) is 0.363. The molecule has 0 heterocycles. The van der Waals surface area contributed by atoms with E-state index in [2.05, 4.69) is 26.8 Å². The van der Waals surface area contributed by atoms with Gasteiger partial charge in [-0.05, 0) is 77.3 Å². The number of benzene rings is 1. The summed E-state index contributed by atoms with van der Waals surface area (Å²) >= 11 is 5.13. The summed E-state index contributed by atoms with van der Waals surface area (Å²) in [6.45, 7) is 18.6. The lowest BCUT2D eigenvalue weighted by atomic mass is 9.84. The minimum atomic E-state index is -0.405. The number of thiocarbonyl (C=S) groups is 1. The highest BCUT2D eigenvalue weighted by atomic mass is 32.1. The molecule has 0 spiro atoms. The van der Waals surface area contributed by atoms with Crippen molar-refractivity contribution in [3.8, 4) is 11.5 Å². The van der Waals surface area contributed by atoms with Crippen LogP contribution >= 0.6 is 12.2 Å². The van der Waals surface area contributed by atoms with Crippen LogP contribution in [0, 0.1) is 5.92 Å². The molecule has 0 aromatic heterocycles. The molecule has 1 aliphatic carbocycles. The van der Waals surface area contributed by atoms with E-state index in [0.717, 1.165) is 21.7 Å². The van der Waals surface area contributed by atoms with Gasteiger partial charge in [-0.2, -0.15) is 0 Å². The molecule has 1 aromatic rings. The molecule has 0 N–H and O–H groups in total.